The molecule has 0 saturated carbocycles. The molecule has 3 heteroatoms. The highest BCUT2D eigenvalue weighted by Gasteiger charge is 2.25. The van der Waals surface area contributed by atoms with Crippen molar-refractivity contribution in [3.63, 3.8) is 0 Å². The van der Waals surface area contributed by atoms with Crippen LogP contribution >= 0.6 is 6.04 Å². The molecular weight excluding hydrogens is 535 g/mol. The lowest BCUT2D eigenvalue weighted by molar-refractivity contribution is 0.670. The molecule has 1 aromatic heterocycles. The first-order valence-electron chi connectivity index (χ1n) is 13.8. The molecule has 1 heterocycles. The highest BCUT2D eigenvalue weighted by Crippen LogP contribution is 2.45. The first-order valence-corrected chi connectivity index (χ1v) is 16.6. The van der Waals surface area contributed by atoms with Crippen molar-refractivity contribution in [1.82, 2.24) is 0 Å². The number of hydrogen-bond acceptors (Lipinski definition) is 2. The number of hydrogen-bond donors (Lipinski definition) is 0. The molecule has 0 fully saturated rings. The standard InChI is InChI=1S/C38H25OPS/c41-40(29-13-3-1-4-14-29,30-15-5-2-6-16-30)31-22-19-27(20-23-31)34-25-28-12-8-10-18-33(28)37-36-32-17-9-7-11-26(32)21-24-35(36)39-38(34)37/h1-25H. The van der Waals surface area contributed by atoms with Gasteiger partial charge in [-0.25, -0.2) is 0 Å². The van der Waals surface area contributed by atoms with E-state index in [1.165, 1.54) is 48.2 Å². The largest absolute Gasteiger partial charge is 0.455 e. The molecule has 0 aliphatic carbocycles. The Morgan fingerprint density at radius 1 is 0.463 bits per heavy atom. The fraction of sp³-hybridized carbons (Fsp3) is 0. The van der Waals surface area contributed by atoms with Gasteiger partial charge in [-0.3, -0.25) is 0 Å². The lowest BCUT2D eigenvalue weighted by atomic mass is 9.95. The average molecular weight is 561 g/mol. The van der Waals surface area contributed by atoms with Crippen LogP contribution in [0.4, 0.5) is 0 Å². The maximum atomic E-state index is 6.68. The molecule has 0 aliphatic heterocycles. The molecule has 0 spiro atoms. The molecular formula is C38H25OPS. The van der Waals surface area contributed by atoms with E-state index < -0.39 is 6.04 Å². The Balaban J connectivity index is 1.37. The summed E-state index contributed by atoms with van der Waals surface area (Å²) in [6, 6.07) is 51.5. The third-order valence-corrected chi connectivity index (χ3v) is 13.1. The van der Waals surface area contributed by atoms with Gasteiger partial charge in [0.2, 0.25) is 0 Å². The Kier molecular flexibility index (Phi) is 5.67. The molecule has 194 valence electrons. The molecule has 0 bridgehead atoms. The second-order valence-electron chi connectivity index (χ2n) is 10.4. The van der Waals surface area contributed by atoms with Crippen molar-refractivity contribution >= 4 is 77.2 Å². The van der Waals surface area contributed by atoms with Crippen LogP contribution in [0.5, 0.6) is 0 Å². The van der Waals surface area contributed by atoms with Gasteiger partial charge in [0.15, 0.2) is 0 Å². The summed E-state index contributed by atoms with van der Waals surface area (Å²) in [5, 5.41) is 10.8. The quantitative estimate of drug-likeness (QED) is 0.199. The molecule has 0 atom stereocenters. The molecule has 0 N–H and O–H groups in total. The lowest BCUT2D eigenvalue weighted by Gasteiger charge is -2.24. The summed E-state index contributed by atoms with van der Waals surface area (Å²) in [7, 11) is 0. The van der Waals surface area contributed by atoms with Gasteiger partial charge in [-0.1, -0.05) is 151 Å². The Hall–Kier alpha value is -4.49. The second kappa shape index (κ2) is 9.56. The van der Waals surface area contributed by atoms with Crippen molar-refractivity contribution in [3.05, 3.63) is 152 Å². The highest BCUT2D eigenvalue weighted by molar-refractivity contribution is 8.25. The van der Waals surface area contributed by atoms with Crippen LogP contribution < -0.4 is 15.9 Å². The van der Waals surface area contributed by atoms with Gasteiger partial charge < -0.3 is 4.42 Å². The van der Waals surface area contributed by atoms with E-state index in [9.17, 15) is 0 Å². The molecule has 0 amide bonds. The summed E-state index contributed by atoms with van der Waals surface area (Å²) in [4.78, 5) is 0. The van der Waals surface area contributed by atoms with Crippen molar-refractivity contribution in [3.8, 4) is 11.1 Å². The maximum absolute atomic E-state index is 6.68. The van der Waals surface area contributed by atoms with E-state index in [1.54, 1.807) is 0 Å². The second-order valence-corrected chi connectivity index (χ2v) is 14.8. The number of benzene rings is 7. The Morgan fingerprint density at radius 3 is 1.66 bits per heavy atom. The van der Waals surface area contributed by atoms with Gasteiger partial charge in [0.05, 0.1) is 0 Å². The molecule has 7 aromatic carbocycles. The fourth-order valence-electron chi connectivity index (χ4n) is 6.18. The topological polar surface area (TPSA) is 13.1 Å². The third kappa shape index (κ3) is 3.79. The van der Waals surface area contributed by atoms with Crippen LogP contribution in [0.3, 0.4) is 0 Å². The van der Waals surface area contributed by atoms with Crippen LogP contribution in [-0.4, -0.2) is 0 Å². The Labute approximate surface area is 243 Å². The van der Waals surface area contributed by atoms with Gasteiger partial charge in [0.25, 0.3) is 0 Å². The Morgan fingerprint density at radius 2 is 1.00 bits per heavy atom. The summed E-state index contributed by atoms with van der Waals surface area (Å²) in [5.74, 6) is 0. The minimum absolute atomic E-state index is 0.913. The molecule has 0 aliphatic rings. The zero-order valence-corrected chi connectivity index (χ0v) is 23.9. The summed E-state index contributed by atoms with van der Waals surface area (Å²) in [5.41, 5.74) is 4.05. The van der Waals surface area contributed by atoms with E-state index in [4.69, 9.17) is 16.2 Å². The van der Waals surface area contributed by atoms with Crippen LogP contribution in [0, 0.1) is 0 Å². The zero-order chi connectivity index (χ0) is 27.4. The van der Waals surface area contributed by atoms with E-state index in [0.29, 0.717) is 0 Å². The molecule has 41 heavy (non-hydrogen) atoms. The van der Waals surface area contributed by atoms with Crippen LogP contribution in [0.1, 0.15) is 0 Å². The molecule has 0 saturated heterocycles. The maximum Gasteiger partial charge on any atom is 0.143 e. The van der Waals surface area contributed by atoms with E-state index in [-0.39, 0.29) is 0 Å². The van der Waals surface area contributed by atoms with E-state index >= 15 is 0 Å². The van der Waals surface area contributed by atoms with Crippen molar-refractivity contribution in [1.29, 1.82) is 0 Å². The van der Waals surface area contributed by atoms with Crippen molar-refractivity contribution in [2.24, 2.45) is 0 Å². The molecule has 0 radical (unpaired) electrons. The average Bonchev–Trinajstić information content (AvgIpc) is 3.46. The van der Waals surface area contributed by atoms with Gasteiger partial charge >= 0.3 is 0 Å². The van der Waals surface area contributed by atoms with Crippen LogP contribution in [0.15, 0.2) is 156 Å². The lowest BCUT2D eigenvalue weighted by Crippen LogP contribution is -2.24. The van der Waals surface area contributed by atoms with Crippen molar-refractivity contribution in [2.75, 3.05) is 0 Å². The fourth-order valence-corrected chi connectivity index (χ4v) is 9.92. The Bertz CT molecular complexity index is 2220. The van der Waals surface area contributed by atoms with Crippen molar-refractivity contribution < 1.29 is 4.42 Å². The SMILES string of the molecule is S=P(c1ccccc1)(c1ccccc1)c1ccc(-c2cc3ccccc3c3c2oc2ccc4ccccc4c23)cc1. The molecule has 1 nitrogen and oxygen atoms in total. The monoisotopic (exact) mass is 560 g/mol. The van der Waals surface area contributed by atoms with E-state index in [0.717, 1.165) is 22.3 Å². The first kappa shape index (κ1) is 24.3. The minimum atomic E-state index is -2.22. The van der Waals surface area contributed by atoms with E-state index in [1.807, 2.05) is 0 Å². The molecule has 0 unspecified atom stereocenters. The van der Waals surface area contributed by atoms with Gasteiger partial charge in [0.1, 0.15) is 11.2 Å². The predicted octanol–water partition coefficient (Wildman–Crippen LogP) is 9.32. The highest BCUT2D eigenvalue weighted by atomic mass is 32.4. The predicted molar refractivity (Wildman–Crippen MR) is 180 cm³/mol. The summed E-state index contributed by atoms with van der Waals surface area (Å²) in [6.07, 6.45) is 0. The normalized spacial score (nSPS) is 12.0. The summed E-state index contributed by atoms with van der Waals surface area (Å²) >= 11 is 6.58. The number of rotatable bonds is 4. The number of furan rings is 1. The summed E-state index contributed by atoms with van der Waals surface area (Å²) < 4.78 is 6.68. The van der Waals surface area contributed by atoms with Crippen LogP contribution in [-0.2, 0) is 11.8 Å². The first-order chi connectivity index (χ1) is 20.2. The smallest absolute Gasteiger partial charge is 0.143 e. The number of fused-ring (bicyclic) bond motifs is 7. The van der Waals surface area contributed by atoms with Gasteiger partial charge in [0, 0.05) is 22.4 Å². The van der Waals surface area contributed by atoms with Gasteiger partial charge in [-0.15, -0.1) is 0 Å². The van der Waals surface area contributed by atoms with Gasteiger partial charge in [-0.2, -0.15) is 0 Å². The van der Waals surface area contributed by atoms with Crippen molar-refractivity contribution in [2.45, 2.75) is 0 Å². The summed E-state index contributed by atoms with van der Waals surface area (Å²) in [6.45, 7) is 0. The molecule has 8 aromatic rings. The zero-order valence-electron chi connectivity index (χ0n) is 22.2. The van der Waals surface area contributed by atoms with Gasteiger partial charge in [-0.05, 0) is 55.2 Å². The van der Waals surface area contributed by atoms with Crippen LogP contribution in [0.2, 0.25) is 0 Å². The van der Waals surface area contributed by atoms with Crippen LogP contribution in [0.25, 0.3) is 54.6 Å². The minimum Gasteiger partial charge on any atom is -0.455 e. The third-order valence-electron chi connectivity index (χ3n) is 8.14. The van der Waals surface area contributed by atoms with E-state index in [2.05, 4.69) is 152 Å². The molecule has 8 rings (SSSR count).